The number of rotatable bonds is 4. The second-order valence-electron chi connectivity index (χ2n) is 7.71. The number of H-pyrrole nitrogens is 1. The molecule has 31 heavy (non-hydrogen) atoms. The van der Waals surface area contributed by atoms with Gasteiger partial charge in [-0.25, -0.2) is 4.31 Å². The highest BCUT2D eigenvalue weighted by molar-refractivity contribution is 7.96. The number of aromatic nitrogens is 1. The van der Waals surface area contributed by atoms with Gasteiger partial charge in [0.15, 0.2) is 0 Å². The van der Waals surface area contributed by atoms with Crippen LogP contribution in [0.1, 0.15) is 33.9 Å². The van der Waals surface area contributed by atoms with Gasteiger partial charge in [-0.1, -0.05) is 72.6 Å². The van der Waals surface area contributed by atoms with Crippen molar-refractivity contribution in [1.82, 2.24) is 9.29 Å². The van der Waals surface area contributed by atoms with E-state index in [2.05, 4.69) is 27.5 Å². The fraction of sp³-hybridized carbons (Fsp3) is 0.200. The summed E-state index contributed by atoms with van der Waals surface area (Å²) in [6, 6.07) is 22.4. The van der Waals surface area contributed by atoms with Crippen LogP contribution >= 0.6 is 11.9 Å². The molecule has 0 aliphatic carbocycles. The smallest absolute Gasteiger partial charge is 0.361 e. The Balaban J connectivity index is 1.51. The second-order valence-corrected chi connectivity index (χ2v) is 8.73. The lowest BCUT2D eigenvalue weighted by Crippen LogP contribution is -2.31. The average Bonchev–Trinajstić information content (AvgIpc) is 3.20. The first-order chi connectivity index (χ1) is 15.0. The zero-order valence-electron chi connectivity index (χ0n) is 16.7. The zero-order valence-corrected chi connectivity index (χ0v) is 17.5. The summed E-state index contributed by atoms with van der Waals surface area (Å²) in [6.45, 7) is 0.778. The lowest BCUT2D eigenvalue weighted by Gasteiger charge is -2.36. The largest absolute Gasteiger partial charge is 0.416 e. The molecule has 1 aliphatic heterocycles. The average molecular weight is 439 g/mol. The summed E-state index contributed by atoms with van der Waals surface area (Å²) in [7, 11) is 0. The Morgan fingerprint density at radius 2 is 1.65 bits per heavy atom. The fourth-order valence-electron chi connectivity index (χ4n) is 4.40. The van der Waals surface area contributed by atoms with Crippen LogP contribution < -0.4 is 0 Å². The maximum Gasteiger partial charge on any atom is 0.416 e. The Labute approximate surface area is 183 Å². The van der Waals surface area contributed by atoms with Crippen molar-refractivity contribution in [2.75, 3.05) is 6.54 Å². The number of hydrogen-bond acceptors (Lipinski definition) is 2. The molecule has 158 valence electrons. The standard InChI is InChI=1S/C25H21F3N2S/c26-25(27,28)22-11-5-2-8-18(22)16-31-30-14-13-17-7-1-3-9-19(17)24(30)21-15-29-23-12-6-4-10-20(21)23/h1-12,15,24,29H,13-14,16H2. The number of nitrogens with one attached hydrogen (secondary N) is 1. The van der Waals surface area contributed by atoms with Gasteiger partial charge in [-0.05, 0) is 40.8 Å². The monoisotopic (exact) mass is 438 g/mol. The number of halogens is 3. The molecule has 1 aromatic heterocycles. The van der Waals surface area contributed by atoms with E-state index in [1.54, 1.807) is 12.1 Å². The predicted molar refractivity (Wildman–Crippen MR) is 120 cm³/mol. The molecule has 6 heteroatoms. The molecule has 0 spiro atoms. The van der Waals surface area contributed by atoms with Crippen molar-refractivity contribution in [3.63, 3.8) is 0 Å². The number of para-hydroxylation sites is 1. The molecule has 0 amide bonds. The van der Waals surface area contributed by atoms with Crippen LogP contribution in [0.3, 0.4) is 0 Å². The van der Waals surface area contributed by atoms with Crippen LogP contribution in [0.15, 0.2) is 79.0 Å². The Bertz CT molecular complexity index is 1210. The molecule has 1 atom stereocenters. The van der Waals surface area contributed by atoms with E-state index in [4.69, 9.17) is 0 Å². The highest BCUT2D eigenvalue weighted by Crippen LogP contribution is 2.43. The molecule has 5 rings (SSSR count). The van der Waals surface area contributed by atoms with E-state index >= 15 is 0 Å². The molecule has 0 bridgehead atoms. The van der Waals surface area contributed by atoms with Crippen molar-refractivity contribution in [3.05, 3.63) is 107 Å². The number of alkyl halides is 3. The maximum absolute atomic E-state index is 13.5. The van der Waals surface area contributed by atoms with Gasteiger partial charge in [0.2, 0.25) is 0 Å². The van der Waals surface area contributed by atoms with Gasteiger partial charge >= 0.3 is 6.18 Å². The van der Waals surface area contributed by atoms with Crippen molar-refractivity contribution in [1.29, 1.82) is 0 Å². The number of fused-ring (bicyclic) bond motifs is 2. The van der Waals surface area contributed by atoms with E-state index < -0.39 is 11.7 Å². The number of benzene rings is 3. The van der Waals surface area contributed by atoms with E-state index in [0.717, 1.165) is 29.4 Å². The normalized spacial score (nSPS) is 17.1. The van der Waals surface area contributed by atoms with E-state index in [1.807, 2.05) is 36.5 Å². The zero-order chi connectivity index (χ0) is 21.4. The van der Waals surface area contributed by atoms with Gasteiger partial charge < -0.3 is 4.98 Å². The van der Waals surface area contributed by atoms with Crippen LogP contribution in [0.25, 0.3) is 10.9 Å². The highest BCUT2D eigenvalue weighted by Gasteiger charge is 2.34. The molecule has 1 N–H and O–H groups in total. The summed E-state index contributed by atoms with van der Waals surface area (Å²) in [5.74, 6) is 0.275. The van der Waals surface area contributed by atoms with Crippen molar-refractivity contribution < 1.29 is 13.2 Å². The topological polar surface area (TPSA) is 19.0 Å². The Morgan fingerprint density at radius 3 is 2.52 bits per heavy atom. The first-order valence-electron chi connectivity index (χ1n) is 10.2. The van der Waals surface area contributed by atoms with Crippen LogP contribution in [-0.4, -0.2) is 15.8 Å². The molecule has 1 aliphatic rings. The van der Waals surface area contributed by atoms with Gasteiger partial charge in [0.25, 0.3) is 0 Å². The van der Waals surface area contributed by atoms with E-state index in [9.17, 15) is 13.2 Å². The minimum atomic E-state index is -4.35. The molecule has 1 unspecified atom stereocenters. The van der Waals surface area contributed by atoms with Crippen molar-refractivity contribution >= 4 is 22.9 Å². The lowest BCUT2D eigenvalue weighted by atomic mass is 9.90. The van der Waals surface area contributed by atoms with Crippen LogP contribution in [0.4, 0.5) is 13.2 Å². The first-order valence-corrected chi connectivity index (χ1v) is 11.1. The molecule has 2 heterocycles. The summed E-state index contributed by atoms with van der Waals surface area (Å²) in [5, 5.41) is 1.14. The summed E-state index contributed by atoms with van der Waals surface area (Å²) < 4.78 is 42.6. The quantitative estimate of drug-likeness (QED) is 0.347. The molecule has 0 saturated carbocycles. The third-order valence-corrected chi connectivity index (χ3v) is 7.03. The summed E-state index contributed by atoms with van der Waals surface area (Å²) in [5.41, 5.74) is 4.49. The van der Waals surface area contributed by atoms with E-state index in [-0.39, 0.29) is 11.8 Å². The van der Waals surface area contributed by atoms with Gasteiger partial charge in [-0.2, -0.15) is 13.2 Å². The number of aromatic amines is 1. The molecule has 0 fully saturated rings. The molecule has 0 radical (unpaired) electrons. The third kappa shape index (κ3) is 3.86. The molecule has 0 saturated heterocycles. The Kier molecular flexibility index (Phi) is 5.28. The van der Waals surface area contributed by atoms with E-state index in [1.165, 1.54) is 35.2 Å². The van der Waals surface area contributed by atoms with E-state index in [0.29, 0.717) is 5.56 Å². The van der Waals surface area contributed by atoms with Crippen LogP contribution in [0.2, 0.25) is 0 Å². The number of hydrogen-bond donors (Lipinski definition) is 1. The molecule has 3 aromatic carbocycles. The van der Waals surface area contributed by atoms with Gasteiger partial charge in [0, 0.05) is 29.4 Å². The second kappa shape index (κ2) is 8.09. The SMILES string of the molecule is FC(F)(F)c1ccccc1CSN1CCc2ccccc2C1c1c[nH]c2ccccc12. The summed E-state index contributed by atoms with van der Waals surface area (Å²) >= 11 is 1.48. The molecule has 4 aromatic rings. The Hall–Kier alpha value is -2.70. The van der Waals surface area contributed by atoms with Gasteiger partial charge in [0.05, 0.1) is 11.6 Å². The summed E-state index contributed by atoms with van der Waals surface area (Å²) in [6.07, 6.45) is -1.43. The lowest BCUT2D eigenvalue weighted by molar-refractivity contribution is -0.138. The number of nitrogens with zero attached hydrogens (tertiary/aromatic N) is 1. The van der Waals surface area contributed by atoms with Gasteiger partial charge in [-0.15, -0.1) is 0 Å². The first kappa shape index (κ1) is 20.2. The van der Waals surface area contributed by atoms with Crippen LogP contribution in [0.5, 0.6) is 0 Å². The van der Waals surface area contributed by atoms with Crippen molar-refractivity contribution in [3.8, 4) is 0 Å². The van der Waals surface area contributed by atoms with Crippen molar-refractivity contribution in [2.24, 2.45) is 0 Å². The predicted octanol–water partition coefficient (Wildman–Crippen LogP) is 6.98. The summed E-state index contributed by atoms with van der Waals surface area (Å²) in [4.78, 5) is 3.35. The fourth-order valence-corrected chi connectivity index (χ4v) is 5.55. The third-order valence-electron chi connectivity index (χ3n) is 5.86. The maximum atomic E-state index is 13.5. The minimum Gasteiger partial charge on any atom is -0.361 e. The van der Waals surface area contributed by atoms with Crippen molar-refractivity contribution in [2.45, 2.75) is 24.4 Å². The van der Waals surface area contributed by atoms with Crippen LogP contribution in [0, 0.1) is 0 Å². The minimum absolute atomic E-state index is 0.0239. The van der Waals surface area contributed by atoms with Gasteiger partial charge in [-0.3, -0.25) is 0 Å². The van der Waals surface area contributed by atoms with Gasteiger partial charge in [0.1, 0.15) is 0 Å². The molecule has 2 nitrogen and oxygen atoms in total. The van der Waals surface area contributed by atoms with Crippen LogP contribution in [-0.2, 0) is 18.3 Å². The molecular formula is C25H21F3N2S. The Morgan fingerprint density at radius 1 is 0.903 bits per heavy atom. The highest BCUT2D eigenvalue weighted by atomic mass is 32.2. The molecular weight excluding hydrogens is 417 g/mol.